The highest BCUT2D eigenvalue weighted by Gasteiger charge is 2.21. The van der Waals surface area contributed by atoms with Gasteiger partial charge in [0.05, 0.1) is 0 Å². The van der Waals surface area contributed by atoms with Gasteiger partial charge in [-0.15, -0.1) is 0 Å². The van der Waals surface area contributed by atoms with Gasteiger partial charge in [-0.3, -0.25) is 0 Å². The van der Waals surface area contributed by atoms with E-state index in [-0.39, 0.29) is 12.1 Å². The van der Waals surface area contributed by atoms with Gasteiger partial charge in [0.25, 0.3) is 0 Å². The smallest absolute Gasteiger partial charge is 0.410 e. The van der Waals surface area contributed by atoms with Gasteiger partial charge in [-0.2, -0.15) is 0 Å². The summed E-state index contributed by atoms with van der Waals surface area (Å²) in [7, 11) is 0. The van der Waals surface area contributed by atoms with Crippen LogP contribution in [0.2, 0.25) is 0 Å². The number of hydrogen-bond acceptors (Lipinski definition) is 3. The molecule has 1 aromatic rings. The fourth-order valence-corrected chi connectivity index (χ4v) is 2.25. The maximum Gasteiger partial charge on any atom is 0.410 e. The first kappa shape index (κ1) is 20.4. The van der Waals surface area contributed by atoms with E-state index in [1.807, 2.05) is 34.6 Å². The van der Waals surface area contributed by atoms with Crippen LogP contribution in [0.3, 0.4) is 0 Å². The van der Waals surface area contributed by atoms with Crippen LogP contribution in [0.1, 0.15) is 52.6 Å². The Bertz CT molecular complexity index is 524. The fourth-order valence-electron chi connectivity index (χ4n) is 2.25. The summed E-state index contributed by atoms with van der Waals surface area (Å²) in [6.45, 7) is 10.9. The van der Waals surface area contributed by atoms with Gasteiger partial charge in [-0.05, 0) is 51.8 Å². The average Bonchev–Trinajstić information content (AvgIpc) is 2.43. The molecule has 1 amide bonds. The highest BCUT2D eigenvalue weighted by atomic mass is 19.1. The molecular formula is C18H28F2N2O2. The van der Waals surface area contributed by atoms with E-state index in [1.165, 1.54) is 12.1 Å². The molecule has 0 aliphatic heterocycles. The highest BCUT2D eigenvalue weighted by Crippen LogP contribution is 2.16. The largest absolute Gasteiger partial charge is 0.444 e. The first-order valence-corrected chi connectivity index (χ1v) is 8.29. The van der Waals surface area contributed by atoms with E-state index >= 15 is 0 Å². The number of rotatable bonds is 7. The molecule has 4 nitrogen and oxygen atoms in total. The number of nitrogens with one attached hydrogen (secondary N) is 1. The van der Waals surface area contributed by atoms with Crippen LogP contribution in [0.25, 0.3) is 0 Å². The molecule has 0 bridgehead atoms. The number of ether oxygens (including phenoxy) is 1. The van der Waals surface area contributed by atoms with Crippen LogP contribution in [-0.4, -0.2) is 36.2 Å². The number of benzene rings is 1. The molecule has 136 valence electrons. The first-order valence-electron chi connectivity index (χ1n) is 8.29. The molecule has 1 aromatic carbocycles. The molecule has 24 heavy (non-hydrogen) atoms. The SMILES string of the molecule is CCCN(CCNC(C)c1cc(F)cc(F)c1)C(=O)OC(C)(C)C. The summed E-state index contributed by atoms with van der Waals surface area (Å²) in [5.41, 5.74) is -0.00472. The molecule has 0 spiro atoms. The Balaban J connectivity index is 2.56. The normalized spacial score (nSPS) is 12.8. The summed E-state index contributed by atoms with van der Waals surface area (Å²) in [6.07, 6.45) is 0.472. The molecule has 0 saturated carbocycles. The fraction of sp³-hybridized carbons (Fsp3) is 0.611. The van der Waals surface area contributed by atoms with Gasteiger partial charge in [0, 0.05) is 31.7 Å². The Morgan fingerprint density at radius 3 is 2.29 bits per heavy atom. The van der Waals surface area contributed by atoms with Crippen LogP contribution in [0.4, 0.5) is 13.6 Å². The van der Waals surface area contributed by atoms with Crippen LogP contribution in [0.15, 0.2) is 18.2 Å². The molecular weight excluding hydrogens is 314 g/mol. The van der Waals surface area contributed by atoms with Gasteiger partial charge in [0.1, 0.15) is 17.2 Å². The second-order valence-electron chi connectivity index (χ2n) is 6.85. The number of halogens is 2. The van der Waals surface area contributed by atoms with Gasteiger partial charge in [0.2, 0.25) is 0 Å². The third-order valence-corrected chi connectivity index (χ3v) is 3.36. The maximum absolute atomic E-state index is 13.3. The van der Waals surface area contributed by atoms with E-state index in [4.69, 9.17) is 4.74 Å². The monoisotopic (exact) mass is 342 g/mol. The van der Waals surface area contributed by atoms with E-state index < -0.39 is 17.2 Å². The van der Waals surface area contributed by atoms with E-state index in [9.17, 15) is 13.6 Å². The molecule has 0 aromatic heterocycles. The minimum absolute atomic E-state index is 0.225. The quantitative estimate of drug-likeness (QED) is 0.805. The zero-order chi connectivity index (χ0) is 18.3. The van der Waals surface area contributed by atoms with Crippen LogP contribution in [0.5, 0.6) is 0 Å². The molecule has 0 heterocycles. The second-order valence-corrected chi connectivity index (χ2v) is 6.85. The van der Waals surface area contributed by atoms with Crippen LogP contribution in [0, 0.1) is 11.6 Å². The number of nitrogens with zero attached hydrogens (tertiary/aromatic N) is 1. The summed E-state index contributed by atoms with van der Waals surface area (Å²) in [5.74, 6) is -1.19. The van der Waals surface area contributed by atoms with Crippen molar-refractivity contribution in [2.75, 3.05) is 19.6 Å². The van der Waals surface area contributed by atoms with Crippen molar-refractivity contribution in [3.63, 3.8) is 0 Å². The van der Waals surface area contributed by atoms with Crippen molar-refractivity contribution < 1.29 is 18.3 Å². The van der Waals surface area contributed by atoms with Crippen molar-refractivity contribution in [1.82, 2.24) is 10.2 Å². The third kappa shape index (κ3) is 7.25. The topological polar surface area (TPSA) is 41.6 Å². The van der Waals surface area contributed by atoms with Gasteiger partial charge in [-0.1, -0.05) is 6.92 Å². The number of hydrogen-bond donors (Lipinski definition) is 1. The lowest BCUT2D eigenvalue weighted by Crippen LogP contribution is -2.41. The Morgan fingerprint density at radius 1 is 1.21 bits per heavy atom. The molecule has 0 fully saturated rings. The zero-order valence-corrected chi connectivity index (χ0v) is 15.2. The molecule has 0 radical (unpaired) electrons. The number of amides is 1. The maximum atomic E-state index is 13.3. The van der Waals surface area contributed by atoms with Crippen LogP contribution >= 0.6 is 0 Å². The van der Waals surface area contributed by atoms with E-state index in [2.05, 4.69) is 5.32 Å². The molecule has 1 atom stereocenters. The molecule has 6 heteroatoms. The van der Waals surface area contributed by atoms with Gasteiger partial charge >= 0.3 is 6.09 Å². The number of carbonyl (C=O) groups is 1. The highest BCUT2D eigenvalue weighted by molar-refractivity contribution is 5.68. The van der Waals surface area contributed by atoms with Gasteiger partial charge in [-0.25, -0.2) is 13.6 Å². The van der Waals surface area contributed by atoms with E-state index in [1.54, 1.807) is 4.90 Å². The predicted octanol–water partition coefficient (Wildman–Crippen LogP) is 4.26. The van der Waals surface area contributed by atoms with Crippen molar-refractivity contribution >= 4 is 6.09 Å². The lowest BCUT2D eigenvalue weighted by Gasteiger charge is -2.27. The van der Waals surface area contributed by atoms with E-state index in [0.717, 1.165) is 12.5 Å². The van der Waals surface area contributed by atoms with Crippen molar-refractivity contribution in [2.24, 2.45) is 0 Å². The Morgan fingerprint density at radius 2 is 1.79 bits per heavy atom. The predicted molar refractivity (Wildman–Crippen MR) is 90.9 cm³/mol. The summed E-state index contributed by atoms with van der Waals surface area (Å²) < 4.78 is 31.9. The zero-order valence-electron chi connectivity index (χ0n) is 15.2. The summed E-state index contributed by atoms with van der Waals surface area (Å²) >= 11 is 0. The molecule has 0 aliphatic carbocycles. The van der Waals surface area contributed by atoms with Crippen molar-refractivity contribution in [2.45, 2.75) is 52.7 Å². The molecule has 0 aliphatic rings. The van der Waals surface area contributed by atoms with Gasteiger partial charge in [0.15, 0.2) is 0 Å². The van der Waals surface area contributed by atoms with Crippen LogP contribution < -0.4 is 5.32 Å². The Hall–Kier alpha value is -1.69. The molecule has 1 rings (SSSR count). The lowest BCUT2D eigenvalue weighted by molar-refractivity contribution is 0.0251. The van der Waals surface area contributed by atoms with E-state index in [0.29, 0.717) is 25.2 Å². The second kappa shape index (κ2) is 8.97. The average molecular weight is 342 g/mol. The summed E-state index contributed by atoms with van der Waals surface area (Å²) in [5, 5.41) is 3.18. The summed E-state index contributed by atoms with van der Waals surface area (Å²) in [4.78, 5) is 13.8. The van der Waals surface area contributed by atoms with Crippen LogP contribution in [-0.2, 0) is 4.74 Å². The Kier molecular flexibility index (Phi) is 7.60. The standard InChI is InChI=1S/C18H28F2N2O2/c1-6-8-22(17(23)24-18(3,4)5)9-7-21-13(2)14-10-15(19)12-16(20)11-14/h10-13,21H,6-9H2,1-5H3. The first-order chi connectivity index (χ1) is 11.1. The van der Waals surface area contributed by atoms with Crippen molar-refractivity contribution in [3.8, 4) is 0 Å². The minimum Gasteiger partial charge on any atom is -0.444 e. The molecule has 1 N–H and O–H groups in total. The van der Waals surface area contributed by atoms with Crippen molar-refractivity contribution in [1.29, 1.82) is 0 Å². The third-order valence-electron chi connectivity index (χ3n) is 3.36. The molecule has 1 unspecified atom stereocenters. The minimum atomic E-state index is -0.597. The number of carbonyl (C=O) groups excluding carboxylic acids is 1. The summed E-state index contributed by atoms with van der Waals surface area (Å²) in [6, 6.07) is 3.23. The van der Waals surface area contributed by atoms with Crippen molar-refractivity contribution in [3.05, 3.63) is 35.4 Å². The van der Waals surface area contributed by atoms with Gasteiger partial charge < -0.3 is 15.0 Å². The lowest BCUT2D eigenvalue weighted by atomic mass is 10.1. The Labute approximate surface area is 143 Å². The molecule has 0 saturated heterocycles.